The summed E-state index contributed by atoms with van der Waals surface area (Å²) in [5.74, 6) is 0. The van der Waals surface area contributed by atoms with E-state index in [1.165, 1.54) is 11.0 Å². The smallest absolute Gasteiger partial charge is 0.206 e. The molecule has 1 aliphatic rings. The summed E-state index contributed by atoms with van der Waals surface area (Å²) in [4.78, 5) is 3.89. The van der Waals surface area contributed by atoms with Crippen molar-refractivity contribution in [1.82, 2.24) is 14.8 Å². The molecule has 10 heteroatoms. The zero-order chi connectivity index (χ0) is 18.3. The minimum atomic E-state index is -3.41. The summed E-state index contributed by atoms with van der Waals surface area (Å²) >= 11 is 6.15. The Balaban J connectivity index is 1.91. The van der Waals surface area contributed by atoms with Gasteiger partial charge in [0.15, 0.2) is 0 Å². The van der Waals surface area contributed by atoms with E-state index in [1.807, 2.05) is 0 Å². The van der Waals surface area contributed by atoms with Crippen molar-refractivity contribution in [2.24, 2.45) is 0 Å². The molecule has 0 spiro atoms. The molecule has 136 valence electrons. The van der Waals surface area contributed by atoms with Crippen LogP contribution in [-0.2, 0) is 21.8 Å². The van der Waals surface area contributed by atoms with E-state index in [1.54, 1.807) is 24.3 Å². The van der Waals surface area contributed by atoms with E-state index in [0.717, 1.165) is 6.26 Å². The molecule has 0 radical (unpaired) electrons. The molecule has 1 aromatic carbocycles. The van der Waals surface area contributed by atoms with Gasteiger partial charge in [-0.25, -0.2) is 22.5 Å². The summed E-state index contributed by atoms with van der Waals surface area (Å²) in [5, 5.41) is 15.6. The Kier molecular flexibility index (Phi) is 4.87. The second-order valence-corrected chi connectivity index (χ2v) is 10.9. The Morgan fingerprint density at radius 3 is 2.72 bits per heavy atom. The fourth-order valence-electron chi connectivity index (χ4n) is 2.70. The first kappa shape index (κ1) is 18.6. The van der Waals surface area contributed by atoms with Crippen molar-refractivity contribution in [3.8, 4) is 0 Å². The van der Waals surface area contributed by atoms with E-state index in [0.29, 0.717) is 21.4 Å². The molecule has 0 amide bonds. The topological polar surface area (TPSA) is 85.1 Å². The summed E-state index contributed by atoms with van der Waals surface area (Å²) in [5.41, 5.74) is -2.91. The minimum absolute atomic E-state index is 0.00792. The molecule has 1 heterocycles. The predicted molar refractivity (Wildman–Crippen MR) is 93.9 cm³/mol. The minimum Gasteiger partial charge on any atom is -0.384 e. The molecule has 25 heavy (non-hydrogen) atoms. The Morgan fingerprint density at radius 2 is 2.12 bits per heavy atom. The number of hydrogen-bond acceptors (Lipinski definition) is 6. The van der Waals surface area contributed by atoms with E-state index in [4.69, 9.17) is 11.6 Å². The highest BCUT2D eigenvalue weighted by atomic mass is 35.5. The first-order valence-corrected chi connectivity index (χ1v) is 11.1. The Labute approximate surface area is 153 Å². The number of aromatic nitrogens is 3. The molecule has 1 atom stereocenters. The molecule has 1 N–H and O–H groups in total. The SMILES string of the molecule is CS(=O)(=O)Sc1ncnn1CC(O)(Cc1ccccc1Cl)C1(F)CC1. The van der Waals surface area contributed by atoms with Crippen LogP contribution in [0.4, 0.5) is 4.39 Å². The number of aliphatic hydroxyl groups is 1. The third-order valence-corrected chi connectivity index (χ3v) is 6.67. The van der Waals surface area contributed by atoms with Gasteiger partial charge in [0, 0.05) is 28.5 Å². The molecule has 6 nitrogen and oxygen atoms in total. The van der Waals surface area contributed by atoms with Gasteiger partial charge < -0.3 is 5.11 Å². The largest absolute Gasteiger partial charge is 0.384 e. The maximum absolute atomic E-state index is 14.9. The molecular formula is C15H17ClFN3O3S2. The van der Waals surface area contributed by atoms with Crippen LogP contribution >= 0.6 is 22.4 Å². The average molecular weight is 406 g/mol. The van der Waals surface area contributed by atoms with Crippen molar-refractivity contribution in [2.45, 2.75) is 42.2 Å². The van der Waals surface area contributed by atoms with E-state index in [2.05, 4.69) is 10.1 Å². The lowest BCUT2D eigenvalue weighted by atomic mass is 9.87. The highest BCUT2D eigenvalue weighted by Gasteiger charge is 2.60. The van der Waals surface area contributed by atoms with Crippen LogP contribution in [-0.4, -0.2) is 45.8 Å². The van der Waals surface area contributed by atoms with Crippen LogP contribution in [0.3, 0.4) is 0 Å². The van der Waals surface area contributed by atoms with Crippen molar-refractivity contribution < 1.29 is 17.9 Å². The van der Waals surface area contributed by atoms with Gasteiger partial charge in [0.25, 0.3) is 0 Å². The number of rotatable bonds is 7. The molecular weight excluding hydrogens is 389 g/mol. The first-order valence-electron chi connectivity index (χ1n) is 7.54. The van der Waals surface area contributed by atoms with Crippen LogP contribution in [0.1, 0.15) is 18.4 Å². The molecule has 1 unspecified atom stereocenters. The third-order valence-electron chi connectivity index (χ3n) is 4.18. The highest BCUT2D eigenvalue weighted by Crippen LogP contribution is 2.51. The molecule has 1 saturated carbocycles. The van der Waals surface area contributed by atoms with Gasteiger partial charge in [-0.3, -0.25) is 0 Å². The number of hydrogen-bond donors (Lipinski definition) is 1. The number of halogens is 2. The van der Waals surface area contributed by atoms with Crippen LogP contribution in [0.5, 0.6) is 0 Å². The standard InChI is InChI=1S/C15H17ClFN3O3S2/c1-25(22,23)24-13-18-10-19-20(13)9-15(21,14(17)6-7-14)8-11-4-2-3-5-12(11)16/h2-5,10,21H,6-9H2,1H3. The van der Waals surface area contributed by atoms with Crippen molar-refractivity contribution in [1.29, 1.82) is 0 Å². The van der Waals surface area contributed by atoms with Crippen molar-refractivity contribution in [2.75, 3.05) is 6.26 Å². The molecule has 3 rings (SSSR count). The molecule has 0 saturated heterocycles. The Morgan fingerprint density at radius 1 is 1.44 bits per heavy atom. The third kappa shape index (κ3) is 4.16. The van der Waals surface area contributed by atoms with Crippen molar-refractivity contribution in [3.05, 3.63) is 41.2 Å². The van der Waals surface area contributed by atoms with Gasteiger partial charge in [0.05, 0.1) is 6.54 Å². The van der Waals surface area contributed by atoms with Crippen molar-refractivity contribution in [3.63, 3.8) is 0 Å². The molecule has 0 aliphatic heterocycles. The van der Waals surface area contributed by atoms with Gasteiger partial charge in [0.1, 0.15) is 17.6 Å². The Bertz CT molecular complexity index is 886. The predicted octanol–water partition coefficient (Wildman–Crippen LogP) is 2.46. The highest BCUT2D eigenvalue weighted by molar-refractivity contribution is 8.71. The van der Waals surface area contributed by atoms with Crippen LogP contribution in [0.15, 0.2) is 35.7 Å². The van der Waals surface area contributed by atoms with Crippen LogP contribution in [0.25, 0.3) is 0 Å². The quantitative estimate of drug-likeness (QED) is 0.712. The summed E-state index contributed by atoms with van der Waals surface area (Å²) in [6.45, 7) is -0.216. The zero-order valence-electron chi connectivity index (χ0n) is 13.4. The van der Waals surface area contributed by atoms with Crippen LogP contribution in [0.2, 0.25) is 5.02 Å². The van der Waals surface area contributed by atoms with Crippen molar-refractivity contribution >= 4 is 31.3 Å². The lowest BCUT2D eigenvalue weighted by Gasteiger charge is -2.32. The maximum atomic E-state index is 14.9. The number of nitrogens with zero attached hydrogens (tertiary/aromatic N) is 3. The molecule has 1 fully saturated rings. The fraction of sp³-hybridized carbons (Fsp3) is 0.467. The lowest BCUT2D eigenvalue weighted by molar-refractivity contribution is -0.0668. The normalized spacial score (nSPS) is 18.7. The zero-order valence-corrected chi connectivity index (χ0v) is 15.8. The lowest BCUT2D eigenvalue weighted by Crippen LogP contribution is -2.48. The first-order chi connectivity index (χ1) is 11.6. The van der Waals surface area contributed by atoms with E-state index >= 15 is 0 Å². The summed E-state index contributed by atoms with van der Waals surface area (Å²) in [6.07, 6.45) is 2.69. The Hall–Kier alpha value is -1.16. The van der Waals surface area contributed by atoms with Crippen LogP contribution < -0.4 is 0 Å². The van der Waals surface area contributed by atoms with E-state index in [-0.39, 0.29) is 31.0 Å². The van der Waals surface area contributed by atoms with Gasteiger partial charge in [0.2, 0.25) is 14.0 Å². The summed E-state index contributed by atoms with van der Waals surface area (Å²) < 4.78 is 39.2. The van der Waals surface area contributed by atoms with Crippen LogP contribution in [0, 0.1) is 0 Å². The van der Waals surface area contributed by atoms with Gasteiger partial charge in [-0.05, 0) is 24.5 Å². The maximum Gasteiger partial charge on any atom is 0.206 e. The summed E-state index contributed by atoms with van der Waals surface area (Å²) in [7, 11) is -2.90. The van der Waals surface area contributed by atoms with E-state index < -0.39 is 20.1 Å². The van der Waals surface area contributed by atoms with E-state index in [9.17, 15) is 17.9 Å². The molecule has 2 aromatic rings. The second-order valence-electron chi connectivity index (χ2n) is 6.25. The second kappa shape index (κ2) is 6.53. The molecule has 0 bridgehead atoms. The van der Waals surface area contributed by atoms with Gasteiger partial charge >= 0.3 is 0 Å². The molecule has 1 aliphatic carbocycles. The van der Waals surface area contributed by atoms with Gasteiger partial charge in [-0.2, -0.15) is 5.10 Å². The monoisotopic (exact) mass is 405 g/mol. The fourth-order valence-corrected chi connectivity index (χ4v) is 4.66. The number of alkyl halides is 1. The molecule has 1 aromatic heterocycles. The summed E-state index contributed by atoms with van der Waals surface area (Å²) in [6, 6.07) is 6.92. The average Bonchev–Trinajstić information content (AvgIpc) is 3.14. The van der Waals surface area contributed by atoms with Gasteiger partial charge in [-0.1, -0.05) is 29.8 Å². The number of benzene rings is 1. The van der Waals surface area contributed by atoms with Gasteiger partial charge in [-0.15, -0.1) is 0 Å².